The molecule has 1 aromatic heterocycles. The summed E-state index contributed by atoms with van der Waals surface area (Å²) in [5.74, 6) is -0.912. The minimum absolute atomic E-state index is 0.291. The van der Waals surface area contributed by atoms with Crippen LogP contribution in [0.5, 0.6) is 0 Å². The number of rotatable bonds is 4. The lowest BCUT2D eigenvalue weighted by atomic mass is 10.00. The number of aromatic amines is 1. The average molecular weight is 333 g/mol. The minimum Gasteiger partial charge on any atom is -0.478 e. The van der Waals surface area contributed by atoms with Crippen molar-refractivity contribution in [2.45, 2.75) is 19.5 Å². The predicted octanol–water partition coefficient (Wildman–Crippen LogP) is 3.33. The van der Waals surface area contributed by atoms with Crippen LogP contribution in [-0.2, 0) is 19.5 Å². The lowest BCUT2D eigenvalue weighted by molar-refractivity contribution is 0.0697. The number of aromatic nitrogens is 2. The van der Waals surface area contributed by atoms with E-state index < -0.39 is 5.97 Å². The molecule has 0 fully saturated rings. The van der Waals surface area contributed by atoms with Gasteiger partial charge in [0.2, 0.25) is 0 Å². The fraction of sp³-hybridized carbons (Fsp3) is 0.200. The molecule has 1 aliphatic rings. The molecule has 5 heteroatoms. The Morgan fingerprint density at radius 1 is 1.12 bits per heavy atom. The van der Waals surface area contributed by atoms with Crippen LogP contribution in [0.15, 0.2) is 54.6 Å². The Morgan fingerprint density at radius 2 is 1.88 bits per heavy atom. The number of benzene rings is 2. The summed E-state index contributed by atoms with van der Waals surface area (Å²) in [5, 5.41) is 16.7. The molecule has 0 bridgehead atoms. The standard InChI is InChI=1S/C20H19N3O2/c24-20(25)16-8-6-15(7-9-16)19-17-13-23(11-10-18(17)21-22-19)12-14-4-2-1-3-5-14/h1-9H,10-13H2,(H,21,22)(H,24,25). The highest BCUT2D eigenvalue weighted by Crippen LogP contribution is 2.29. The lowest BCUT2D eigenvalue weighted by Crippen LogP contribution is -2.29. The van der Waals surface area contributed by atoms with Crippen molar-refractivity contribution in [1.82, 2.24) is 15.1 Å². The van der Waals surface area contributed by atoms with Gasteiger partial charge in [-0.05, 0) is 17.7 Å². The Labute approximate surface area is 145 Å². The molecule has 1 aliphatic heterocycles. The van der Waals surface area contributed by atoms with Crippen LogP contribution < -0.4 is 0 Å². The van der Waals surface area contributed by atoms with E-state index in [1.54, 1.807) is 12.1 Å². The van der Waals surface area contributed by atoms with Crippen LogP contribution in [0.3, 0.4) is 0 Å². The molecular formula is C20H19N3O2. The zero-order valence-corrected chi connectivity index (χ0v) is 13.8. The van der Waals surface area contributed by atoms with E-state index in [1.807, 2.05) is 18.2 Å². The van der Waals surface area contributed by atoms with Gasteiger partial charge in [0.05, 0.1) is 11.3 Å². The van der Waals surface area contributed by atoms with Crippen LogP contribution in [0.1, 0.15) is 27.2 Å². The maximum absolute atomic E-state index is 11.0. The Kier molecular flexibility index (Phi) is 4.07. The summed E-state index contributed by atoms with van der Waals surface area (Å²) in [6.07, 6.45) is 0.947. The zero-order chi connectivity index (χ0) is 17.2. The normalized spacial score (nSPS) is 14.2. The second-order valence-electron chi connectivity index (χ2n) is 6.36. The SMILES string of the molecule is O=C(O)c1ccc(-c2n[nH]c3c2CN(Cc2ccccc2)CC3)cc1. The van der Waals surface area contributed by atoms with Gasteiger partial charge in [0.15, 0.2) is 0 Å². The van der Waals surface area contributed by atoms with Crippen LogP contribution in [0.2, 0.25) is 0 Å². The van der Waals surface area contributed by atoms with E-state index in [1.165, 1.54) is 16.8 Å². The molecule has 4 rings (SSSR count). The first-order chi connectivity index (χ1) is 12.2. The monoisotopic (exact) mass is 333 g/mol. The van der Waals surface area contributed by atoms with Crippen LogP contribution in [0.25, 0.3) is 11.3 Å². The van der Waals surface area contributed by atoms with Crippen molar-refractivity contribution in [2.75, 3.05) is 6.54 Å². The third kappa shape index (κ3) is 3.19. The first-order valence-electron chi connectivity index (χ1n) is 8.37. The van der Waals surface area contributed by atoms with Crippen LogP contribution in [-0.4, -0.2) is 32.7 Å². The maximum atomic E-state index is 11.0. The van der Waals surface area contributed by atoms with E-state index in [0.29, 0.717) is 5.56 Å². The number of aromatic carboxylic acids is 1. The molecule has 0 atom stereocenters. The van der Waals surface area contributed by atoms with Crippen molar-refractivity contribution in [1.29, 1.82) is 0 Å². The summed E-state index contributed by atoms with van der Waals surface area (Å²) in [6.45, 7) is 2.76. The minimum atomic E-state index is -0.912. The Hall–Kier alpha value is -2.92. The average Bonchev–Trinajstić information content (AvgIpc) is 3.06. The molecule has 25 heavy (non-hydrogen) atoms. The first-order valence-corrected chi connectivity index (χ1v) is 8.37. The van der Waals surface area contributed by atoms with Crippen molar-refractivity contribution < 1.29 is 9.90 Å². The molecule has 3 aromatic rings. The number of nitrogens with zero attached hydrogens (tertiary/aromatic N) is 2. The molecule has 2 aromatic carbocycles. The van der Waals surface area contributed by atoms with Crippen molar-refractivity contribution in [3.63, 3.8) is 0 Å². The van der Waals surface area contributed by atoms with Crippen LogP contribution in [0.4, 0.5) is 0 Å². The summed E-state index contributed by atoms with van der Waals surface area (Å²) >= 11 is 0. The van der Waals surface area contributed by atoms with Crippen LogP contribution in [0, 0.1) is 0 Å². The number of hydrogen-bond donors (Lipinski definition) is 2. The van der Waals surface area contributed by atoms with E-state index in [0.717, 1.165) is 37.3 Å². The lowest BCUT2D eigenvalue weighted by Gasteiger charge is -2.27. The van der Waals surface area contributed by atoms with Gasteiger partial charge in [-0.25, -0.2) is 4.79 Å². The summed E-state index contributed by atoms with van der Waals surface area (Å²) in [6, 6.07) is 17.4. The predicted molar refractivity (Wildman–Crippen MR) is 95.2 cm³/mol. The van der Waals surface area contributed by atoms with Gasteiger partial charge < -0.3 is 5.11 Å². The number of carboxylic acid groups (broad SMARTS) is 1. The third-order valence-electron chi connectivity index (χ3n) is 4.67. The molecule has 0 saturated heterocycles. The smallest absolute Gasteiger partial charge is 0.335 e. The van der Waals surface area contributed by atoms with E-state index in [9.17, 15) is 4.79 Å². The number of H-pyrrole nitrogens is 1. The van der Waals surface area contributed by atoms with E-state index in [4.69, 9.17) is 5.11 Å². The van der Waals surface area contributed by atoms with Gasteiger partial charge in [-0.15, -0.1) is 0 Å². The second-order valence-corrected chi connectivity index (χ2v) is 6.36. The van der Waals surface area contributed by atoms with Gasteiger partial charge in [-0.1, -0.05) is 42.5 Å². The van der Waals surface area contributed by atoms with Crippen molar-refractivity contribution in [3.05, 3.63) is 77.0 Å². The number of hydrogen-bond acceptors (Lipinski definition) is 3. The van der Waals surface area contributed by atoms with Crippen LogP contribution >= 0.6 is 0 Å². The summed E-state index contributed by atoms with van der Waals surface area (Å²) in [7, 11) is 0. The molecule has 2 N–H and O–H groups in total. The number of carboxylic acids is 1. The van der Waals surface area contributed by atoms with Gasteiger partial charge in [-0.3, -0.25) is 10.00 Å². The number of fused-ring (bicyclic) bond motifs is 1. The van der Waals surface area contributed by atoms with E-state index in [2.05, 4.69) is 39.4 Å². The largest absolute Gasteiger partial charge is 0.478 e. The highest BCUT2D eigenvalue weighted by Gasteiger charge is 2.22. The highest BCUT2D eigenvalue weighted by atomic mass is 16.4. The maximum Gasteiger partial charge on any atom is 0.335 e. The summed E-state index contributed by atoms with van der Waals surface area (Å²) < 4.78 is 0. The fourth-order valence-corrected chi connectivity index (χ4v) is 3.34. The van der Waals surface area contributed by atoms with E-state index in [-0.39, 0.29) is 0 Å². The molecule has 0 amide bonds. The third-order valence-corrected chi connectivity index (χ3v) is 4.67. The zero-order valence-electron chi connectivity index (χ0n) is 13.8. The molecule has 2 heterocycles. The van der Waals surface area contributed by atoms with Gasteiger partial charge in [0, 0.05) is 42.9 Å². The van der Waals surface area contributed by atoms with Gasteiger partial charge >= 0.3 is 5.97 Å². The summed E-state index contributed by atoms with van der Waals surface area (Å²) in [5.41, 5.74) is 5.86. The molecule has 0 radical (unpaired) electrons. The Morgan fingerprint density at radius 3 is 2.60 bits per heavy atom. The topological polar surface area (TPSA) is 69.2 Å². The van der Waals surface area contributed by atoms with Crippen molar-refractivity contribution >= 4 is 5.97 Å². The van der Waals surface area contributed by atoms with Gasteiger partial charge in [-0.2, -0.15) is 5.10 Å². The molecule has 0 unspecified atom stereocenters. The number of nitrogens with one attached hydrogen (secondary N) is 1. The molecular weight excluding hydrogens is 314 g/mol. The molecule has 0 spiro atoms. The highest BCUT2D eigenvalue weighted by molar-refractivity contribution is 5.88. The van der Waals surface area contributed by atoms with Crippen molar-refractivity contribution in [2.24, 2.45) is 0 Å². The fourth-order valence-electron chi connectivity index (χ4n) is 3.34. The first kappa shape index (κ1) is 15.6. The molecule has 0 saturated carbocycles. The second kappa shape index (κ2) is 6.53. The van der Waals surface area contributed by atoms with Crippen molar-refractivity contribution in [3.8, 4) is 11.3 Å². The Bertz CT molecular complexity index is 885. The Balaban J connectivity index is 1.57. The quantitative estimate of drug-likeness (QED) is 0.768. The number of carbonyl (C=O) groups is 1. The summed E-state index contributed by atoms with van der Waals surface area (Å²) in [4.78, 5) is 13.4. The molecule has 5 nitrogen and oxygen atoms in total. The van der Waals surface area contributed by atoms with Gasteiger partial charge in [0.1, 0.15) is 0 Å². The van der Waals surface area contributed by atoms with E-state index >= 15 is 0 Å². The molecule has 0 aliphatic carbocycles. The van der Waals surface area contributed by atoms with Gasteiger partial charge in [0.25, 0.3) is 0 Å². The molecule has 126 valence electrons.